The molecule has 0 unspecified atom stereocenters. The molecule has 12 rings (SSSR count). The second kappa shape index (κ2) is 10.5. The molecule has 8 aromatic carbocycles. The van der Waals surface area contributed by atoms with E-state index in [0.717, 1.165) is 0 Å². The second-order valence-electron chi connectivity index (χ2n) is 14.4. The van der Waals surface area contributed by atoms with Crippen LogP contribution >= 0.6 is 0 Å². The van der Waals surface area contributed by atoms with E-state index in [-0.39, 0.29) is 13.7 Å². The summed E-state index contributed by atoms with van der Waals surface area (Å²) < 4.78 is 0. The van der Waals surface area contributed by atoms with Crippen molar-refractivity contribution in [3.8, 4) is 55.6 Å². The van der Waals surface area contributed by atoms with E-state index in [1.807, 2.05) is 0 Å². The Morgan fingerprint density at radius 3 is 1.23 bits per heavy atom. The maximum Gasteiger partial charge on any atom is 0.329 e. The molecule has 0 fully saturated rings. The lowest BCUT2D eigenvalue weighted by Gasteiger charge is -2.44. The molecule has 4 aliphatic rings. The monoisotopic (exact) mass is 656 g/mol. The standard InChI is InChI=1S/C48H30B2N2/c1-7-21-40-33(14-1)36-17-5-11-25-44(36)51-46-29-28-31(30-39(46)35-16-3-9-23-42(35)49(40)51)32-20-13-27-47-48(32)38-19-4-10-24-43(38)50-41-22-8-2-15-34(41)37-18-6-12-26-45(37)52(47)50/h1-30H. The van der Waals surface area contributed by atoms with Gasteiger partial charge in [0, 0.05) is 45.0 Å². The molecule has 0 saturated heterocycles. The fourth-order valence-corrected chi connectivity index (χ4v) is 9.83. The third kappa shape index (κ3) is 3.66. The fourth-order valence-electron chi connectivity index (χ4n) is 9.83. The second-order valence-corrected chi connectivity index (χ2v) is 14.4. The summed E-state index contributed by atoms with van der Waals surface area (Å²) in [7, 11) is 0. The maximum atomic E-state index is 2.60. The molecule has 4 heterocycles. The van der Waals surface area contributed by atoms with E-state index in [0.29, 0.717) is 0 Å². The van der Waals surface area contributed by atoms with Crippen LogP contribution < -0.4 is 31.5 Å². The molecule has 0 saturated carbocycles. The van der Waals surface area contributed by atoms with E-state index < -0.39 is 0 Å². The zero-order valence-corrected chi connectivity index (χ0v) is 28.4. The van der Waals surface area contributed by atoms with Crippen LogP contribution in [0.2, 0.25) is 0 Å². The topological polar surface area (TPSA) is 6.48 Å². The third-order valence-electron chi connectivity index (χ3n) is 11.9. The van der Waals surface area contributed by atoms with Crippen LogP contribution in [0.3, 0.4) is 0 Å². The Morgan fingerprint density at radius 1 is 0.269 bits per heavy atom. The molecule has 0 aliphatic carbocycles. The molecule has 8 aromatic rings. The van der Waals surface area contributed by atoms with Gasteiger partial charge in [-0.05, 0) is 85.6 Å². The largest absolute Gasteiger partial charge is 0.376 e. The number of benzene rings is 8. The van der Waals surface area contributed by atoms with Gasteiger partial charge < -0.3 is 9.62 Å². The van der Waals surface area contributed by atoms with Crippen LogP contribution in [-0.2, 0) is 0 Å². The van der Waals surface area contributed by atoms with Gasteiger partial charge in [-0.1, -0.05) is 152 Å². The summed E-state index contributed by atoms with van der Waals surface area (Å²) in [6, 6.07) is 68.0. The Bertz CT molecular complexity index is 2800. The molecule has 2 nitrogen and oxygen atoms in total. The highest BCUT2D eigenvalue weighted by molar-refractivity contribution is 6.93. The van der Waals surface area contributed by atoms with Crippen molar-refractivity contribution in [3.05, 3.63) is 182 Å². The minimum absolute atomic E-state index is 0.0967. The summed E-state index contributed by atoms with van der Waals surface area (Å²) in [5.41, 5.74) is 23.3. The van der Waals surface area contributed by atoms with E-state index in [4.69, 9.17) is 0 Å². The number of fused-ring (bicyclic) bond motifs is 22. The van der Waals surface area contributed by atoms with Crippen molar-refractivity contribution in [1.82, 2.24) is 0 Å². The quantitative estimate of drug-likeness (QED) is 0.163. The lowest BCUT2D eigenvalue weighted by Crippen LogP contribution is -2.59. The van der Waals surface area contributed by atoms with Crippen LogP contribution in [0.25, 0.3) is 55.6 Å². The lowest BCUT2D eigenvalue weighted by atomic mass is 9.43. The molecule has 0 spiro atoms. The molecule has 52 heavy (non-hydrogen) atoms. The highest BCUT2D eigenvalue weighted by atomic mass is 15.1. The first-order valence-corrected chi connectivity index (χ1v) is 18.3. The summed E-state index contributed by atoms with van der Waals surface area (Å²) >= 11 is 0. The van der Waals surface area contributed by atoms with Crippen molar-refractivity contribution < 1.29 is 0 Å². The maximum absolute atomic E-state index is 2.60. The molecule has 0 bridgehead atoms. The minimum atomic E-state index is 0.0967. The van der Waals surface area contributed by atoms with Gasteiger partial charge in [-0.2, -0.15) is 0 Å². The zero-order chi connectivity index (χ0) is 33.9. The van der Waals surface area contributed by atoms with Gasteiger partial charge in [-0.15, -0.1) is 0 Å². The molecule has 0 N–H and O–H groups in total. The van der Waals surface area contributed by atoms with Crippen molar-refractivity contribution in [3.63, 3.8) is 0 Å². The average molecular weight is 656 g/mol. The van der Waals surface area contributed by atoms with E-state index in [1.165, 1.54) is 100 Å². The summed E-state index contributed by atoms with van der Waals surface area (Å²) in [6.45, 7) is 0.204. The predicted octanol–water partition coefficient (Wildman–Crippen LogP) is 9.16. The first-order chi connectivity index (χ1) is 25.8. The Kier molecular flexibility index (Phi) is 5.70. The molecule has 4 aliphatic heterocycles. The van der Waals surface area contributed by atoms with E-state index in [2.05, 4.69) is 192 Å². The number of anilines is 4. The van der Waals surface area contributed by atoms with Crippen molar-refractivity contribution in [2.75, 3.05) is 9.62 Å². The van der Waals surface area contributed by atoms with Crippen LogP contribution in [-0.4, -0.2) is 13.7 Å². The summed E-state index contributed by atoms with van der Waals surface area (Å²) in [6.07, 6.45) is 0. The molecule has 0 atom stereocenters. The molecular weight excluding hydrogens is 626 g/mol. The van der Waals surface area contributed by atoms with E-state index in [9.17, 15) is 0 Å². The van der Waals surface area contributed by atoms with Crippen molar-refractivity contribution in [1.29, 1.82) is 0 Å². The van der Waals surface area contributed by atoms with Gasteiger partial charge in [0.05, 0.1) is 0 Å². The summed E-state index contributed by atoms with van der Waals surface area (Å²) in [5.74, 6) is 0. The SMILES string of the molecule is c1ccc2c(c1)B1c3ccccc3-c3cc(-c4cccc5c4-c4ccccc4B4c6ccccc6-c6ccccc6N45)ccc3N1c1ccccc1-2. The van der Waals surface area contributed by atoms with Gasteiger partial charge in [-0.3, -0.25) is 0 Å². The van der Waals surface area contributed by atoms with Crippen molar-refractivity contribution in [2.45, 2.75) is 0 Å². The minimum Gasteiger partial charge on any atom is -0.376 e. The Labute approximate surface area is 304 Å². The first-order valence-electron chi connectivity index (χ1n) is 18.3. The Morgan fingerprint density at radius 2 is 0.654 bits per heavy atom. The van der Waals surface area contributed by atoms with Crippen LogP contribution in [0.1, 0.15) is 0 Å². The number of hydrogen-bond donors (Lipinski definition) is 0. The normalized spacial score (nSPS) is 13.6. The lowest BCUT2D eigenvalue weighted by molar-refractivity contribution is 1.34. The fraction of sp³-hybridized carbons (Fsp3) is 0. The van der Waals surface area contributed by atoms with Gasteiger partial charge in [0.15, 0.2) is 0 Å². The number of hydrogen-bond acceptors (Lipinski definition) is 2. The Hall–Kier alpha value is -6.51. The van der Waals surface area contributed by atoms with Gasteiger partial charge in [-0.25, -0.2) is 0 Å². The van der Waals surface area contributed by atoms with Crippen LogP contribution in [0.15, 0.2) is 182 Å². The van der Waals surface area contributed by atoms with Gasteiger partial charge >= 0.3 is 13.7 Å². The number of nitrogens with zero attached hydrogens (tertiary/aromatic N) is 2. The van der Waals surface area contributed by atoms with Crippen LogP contribution in [0.4, 0.5) is 22.7 Å². The van der Waals surface area contributed by atoms with E-state index in [1.54, 1.807) is 0 Å². The number of para-hydroxylation sites is 2. The summed E-state index contributed by atoms with van der Waals surface area (Å²) in [4.78, 5) is 5.18. The highest BCUT2D eigenvalue weighted by Crippen LogP contribution is 2.51. The smallest absolute Gasteiger partial charge is 0.329 e. The van der Waals surface area contributed by atoms with Crippen LogP contribution in [0.5, 0.6) is 0 Å². The van der Waals surface area contributed by atoms with Gasteiger partial charge in [0.25, 0.3) is 0 Å². The molecule has 0 amide bonds. The zero-order valence-electron chi connectivity index (χ0n) is 28.4. The van der Waals surface area contributed by atoms with Crippen molar-refractivity contribution >= 4 is 58.3 Å². The summed E-state index contributed by atoms with van der Waals surface area (Å²) in [5, 5.41) is 0. The van der Waals surface area contributed by atoms with E-state index >= 15 is 0 Å². The predicted molar refractivity (Wildman–Crippen MR) is 221 cm³/mol. The highest BCUT2D eigenvalue weighted by Gasteiger charge is 2.44. The first kappa shape index (κ1) is 28.2. The average Bonchev–Trinajstić information content (AvgIpc) is 3.23. The molecule has 238 valence electrons. The Balaban J connectivity index is 1.10. The molecule has 4 heteroatoms. The molecule has 0 aromatic heterocycles. The number of rotatable bonds is 1. The van der Waals surface area contributed by atoms with Gasteiger partial charge in [0.2, 0.25) is 0 Å². The molecular formula is C48H30B2N2. The molecule has 0 radical (unpaired) electrons. The van der Waals surface area contributed by atoms with Crippen molar-refractivity contribution in [2.24, 2.45) is 0 Å². The van der Waals surface area contributed by atoms with Gasteiger partial charge in [0.1, 0.15) is 0 Å². The third-order valence-corrected chi connectivity index (χ3v) is 11.9. The van der Waals surface area contributed by atoms with Crippen LogP contribution in [0, 0.1) is 0 Å².